The number of benzene rings is 2. The summed E-state index contributed by atoms with van der Waals surface area (Å²) >= 11 is 0. The SMILES string of the molecule is C=CCN(Cc1ccccc1F)Cc1cccn1Cc1ccccc1F. The zero-order valence-corrected chi connectivity index (χ0v) is 14.6. The minimum absolute atomic E-state index is 0.205. The molecule has 0 spiro atoms. The van der Waals surface area contributed by atoms with Crippen LogP contribution in [0.15, 0.2) is 79.5 Å². The number of hydrogen-bond acceptors (Lipinski definition) is 1. The van der Waals surface area contributed by atoms with Crippen molar-refractivity contribution < 1.29 is 8.78 Å². The zero-order chi connectivity index (χ0) is 18.4. The summed E-state index contributed by atoms with van der Waals surface area (Å²) in [5.41, 5.74) is 2.35. The third-order valence-electron chi connectivity index (χ3n) is 4.35. The standard InChI is InChI=1S/C22H22F2N2/c1-2-13-25(15-18-8-3-5-11-21(18)23)17-20-10-7-14-26(20)16-19-9-4-6-12-22(19)24/h2-12,14H,1,13,15-17H2. The number of aromatic nitrogens is 1. The summed E-state index contributed by atoms with van der Waals surface area (Å²) in [6.07, 6.45) is 3.75. The summed E-state index contributed by atoms with van der Waals surface area (Å²) in [7, 11) is 0. The highest BCUT2D eigenvalue weighted by molar-refractivity contribution is 5.20. The van der Waals surface area contributed by atoms with Crippen LogP contribution in [0.4, 0.5) is 8.78 Å². The molecule has 3 aromatic rings. The summed E-state index contributed by atoms with van der Waals surface area (Å²) in [6, 6.07) is 17.6. The molecule has 2 nitrogen and oxygen atoms in total. The van der Waals surface area contributed by atoms with E-state index in [9.17, 15) is 8.78 Å². The Morgan fingerprint density at radius 2 is 1.50 bits per heavy atom. The first-order valence-electron chi connectivity index (χ1n) is 8.61. The summed E-state index contributed by atoms with van der Waals surface area (Å²) < 4.78 is 30.0. The molecule has 0 fully saturated rings. The molecule has 0 unspecified atom stereocenters. The molecule has 0 aliphatic heterocycles. The van der Waals surface area contributed by atoms with E-state index in [-0.39, 0.29) is 11.6 Å². The normalized spacial score (nSPS) is 11.0. The van der Waals surface area contributed by atoms with Crippen molar-refractivity contribution in [2.24, 2.45) is 0 Å². The molecule has 4 heteroatoms. The maximum Gasteiger partial charge on any atom is 0.128 e. The lowest BCUT2D eigenvalue weighted by atomic mass is 10.2. The molecule has 0 saturated carbocycles. The van der Waals surface area contributed by atoms with Gasteiger partial charge in [-0.3, -0.25) is 4.90 Å². The third-order valence-corrected chi connectivity index (χ3v) is 4.35. The summed E-state index contributed by atoms with van der Waals surface area (Å²) in [4.78, 5) is 2.11. The van der Waals surface area contributed by atoms with Crippen molar-refractivity contribution >= 4 is 0 Å². The summed E-state index contributed by atoms with van der Waals surface area (Å²) in [5.74, 6) is -0.412. The molecule has 26 heavy (non-hydrogen) atoms. The van der Waals surface area contributed by atoms with Crippen molar-refractivity contribution in [3.63, 3.8) is 0 Å². The molecular formula is C22H22F2N2. The average molecular weight is 352 g/mol. The van der Waals surface area contributed by atoms with Crippen molar-refractivity contribution in [3.8, 4) is 0 Å². The molecule has 0 amide bonds. The van der Waals surface area contributed by atoms with Crippen molar-refractivity contribution in [2.45, 2.75) is 19.6 Å². The molecule has 134 valence electrons. The van der Waals surface area contributed by atoms with E-state index in [0.29, 0.717) is 37.3 Å². The first-order valence-corrected chi connectivity index (χ1v) is 8.61. The number of rotatable bonds is 8. The largest absolute Gasteiger partial charge is 0.346 e. The molecular weight excluding hydrogens is 330 g/mol. The van der Waals surface area contributed by atoms with Crippen molar-refractivity contribution in [2.75, 3.05) is 6.54 Å². The minimum atomic E-state index is -0.207. The fourth-order valence-corrected chi connectivity index (χ4v) is 3.02. The number of hydrogen-bond donors (Lipinski definition) is 0. The summed E-state index contributed by atoms with van der Waals surface area (Å²) in [5, 5.41) is 0. The summed E-state index contributed by atoms with van der Waals surface area (Å²) in [6.45, 7) is 6.03. The van der Waals surface area contributed by atoms with Gasteiger partial charge in [-0.2, -0.15) is 0 Å². The second kappa shape index (κ2) is 8.59. The van der Waals surface area contributed by atoms with Gasteiger partial charge in [0.05, 0.1) is 6.54 Å². The molecule has 1 aromatic heterocycles. The lowest BCUT2D eigenvalue weighted by Crippen LogP contribution is -2.25. The molecule has 0 radical (unpaired) electrons. The van der Waals surface area contributed by atoms with Crippen LogP contribution in [0, 0.1) is 11.6 Å². The van der Waals surface area contributed by atoms with E-state index in [1.807, 2.05) is 41.1 Å². The highest BCUT2D eigenvalue weighted by Gasteiger charge is 2.12. The Morgan fingerprint density at radius 3 is 2.15 bits per heavy atom. The maximum atomic E-state index is 14.0. The van der Waals surface area contributed by atoms with Gasteiger partial charge in [-0.25, -0.2) is 8.78 Å². The average Bonchev–Trinajstić information content (AvgIpc) is 3.06. The topological polar surface area (TPSA) is 8.17 Å². The van der Waals surface area contributed by atoms with Gasteiger partial charge in [0.25, 0.3) is 0 Å². The van der Waals surface area contributed by atoms with Crippen LogP contribution in [0.3, 0.4) is 0 Å². The molecule has 0 aliphatic rings. The number of nitrogens with zero attached hydrogens (tertiary/aromatic N) is 2. The van der Waals surface area contributed by atoms with Crippen LogP contribution in [0.2, 0.25) is 0 Å². The Hall–Kier alpha value is -2.72. The Morgan fingerprint density at radius 1 is 0.846 bits per heavy atom. The highest BCUT2D eigenvalue weighted by atomic mass is 19.1. The molecule has 0 atom stereocenters. The van der Waals surface area contributed by atoms with Crippen molar-refractivity contribution in [1.29, 1.82) is 0 Å². The second-order valence-electron chi connectivity index (χ2n) is 6.27. The maximum absolute atomic E-state index is 14.0. The molecule has 0 aliphatic carbocycles. The van der Waals surface area contributed by atoms with Gasteiger partial charge in [0, 0.05) is 42.7 Å². The van der Waals surface area contributed by atoms with Gasteiger partial charge in [-0.1, -0.05) is 42.5 Å². The van der Waals surface area contributed by atoms with Crippen LogP contribution in [0.5, 0.6) is 0 Å². The second-order valence-corrected chi connectivity index (χ2v) is 6.27. The minimum Gasteiger partial charge on any atom is -0.346 e. The molecule has 2 aromatic carbocycles. The number of halogens is 2. The van der Waals surface area contributed by atoms with Gasteiger partial charge >= 0.3 is 0 Å². The van der Waals surface area contributed by atoms with Crippen LogP contribution < -0.4 is 0 Å². The van der Waals surface area contributed by atoms with E-state index in [1.165, 1.54) is 12.1 Å². The van der Waals surface area contributed by atoms with Gasteiger partial charge in [0.2, 0.25) is 0 Å². The first-order chi connectivity index (χ1) is 12.7. The van der Waals surface area contributed by atoms with Crippen LogP contribution in [-0.4, -0.2) is 16.0 Å². The highest BCUT2D eigenvalue weighted by Crippen LogP contribution is 2.16. The van der Waals surface area contributed by atoms with Crippen molar-refractivity contribution in [1.82, 2.24) is 9.47 Å². The Kier molecular flexibility index (Phi) is 5.97. The molecule has 0 saturated heterocycles. The smallest absolute Gasteiger partial charge is 0.128 e. The van der Waals surface area contributed by atoms with E-state index in [0.717, 1.165) is 5.69 Å². The zero-order valence-electron chi connectivity index (χ0n) is 14.6. The van der Waals surface area contributed by atoms with Crippen LogP contribution >= 0.6 is 0 Å². The van der Waals surface area contributed by atoms with E-state index in [1.54, 1.807) is 24.3 Å². The van der Waals surface area contributed by atoms with E-state index < -0.39 is 0 Å². The van der Waals surface area contributed by atoms with Gasteiger partial charge in [-0.15, -0.1) is 6.58 Å². The van der Waals surface area contributed by atoms with Crippen LogP contribution in [0.1, 0.15) is 16.8 Å². The Bertz CT molecular complexity index is 870. The van der Waals surface area contributed by atoms with Gasteiger partial charge in [0.1, 0.15) is 11.6 Å². The van der Waals surface area contributed by atoms with Crippen LogP contribution in [-0.2, 0) is 19.6 Å². The molecule has 1 heterocycles. The van der Waals surface area contributed by atoms with Gasteiger partial charge in [-0.05, 0) is 24.3 Å². The van der Waals surface area contributed by atoms with Crippen molar-refractivity contribution in [3.05, 3.63) is 108 Å². The van der Waals surface area contributed by atoms with Gasteiger partial charge < -0.3 is 4.57 Å². The predicted octanol–water partition coefficient (Wildman–Crippen LogP) is 5.00. The van der Waals surface area contributed by atoms with Crippen LogP contribution in [0.25, 0.3) is 0 Å². The fourth-order valence-electron chi connectivity index (χ4n) is 3.02. The predicted molar refractivity (Wildman–Crippen MR) is 101 cm³/mol. The quantitative estimate of drug-likeness (QED) is 0.518. The van der Waals surface area contributed by atoms with E-state index in [2.05, 4.69) is 11.5 Å². The monoisotopic (exact) mass is 352 g/mol. The first kappa shape index (κ1) is 18.1. The molecule has 0 bridgehead atoms. The lowest BCUT2D eigenvalue weighted by Gasteiger charge is -2.22. The third kappa shape index (κ3) is 4.46. The molecule has 0 N–H and O–H groups in total. The Labute approximate surface area is 153 Å². The van der Waals surface area contributed by atoms with E-state index in [4.69, 9.17) is 0 Å². The van der Waals surface area contributed by atoms with Gasteiger partial charge in [0.15, 0.2) is 0 Å². The lowest BCUT2D eigenvalue weighted by molar-refractivity contribution is 0.274. The molecule has 3 rings (SSSR count). The fraction of sp³-hybridized carbons (Fsp3) is 0.182. The Balaban J connectivity index is 1.76. The van der Waals surface area contributed by atoms with E-state index >= 15 is 0 Å².